The molecular formula is C22H24N2O3. The van der Waals surface area contributed by atoms with E-state index in [0.29, 0.717) is 31.9 Å². The Morgan fingerprint density at radius 1 is 1.33 bits per heavy atom. The molecule has 0 bridgehead atoms. The van der Waals surface area contributed by atoms with Gasteiger partial charge in [0.25, 0.3) is 5.91 Å². The highest BCUT2D eigenvalue weighted by molar-refractivity contribution is 5.94. The first kappa shape index (κ1) is 18.9. The van der Waals surface area contributed by atoms with Gasteiger partial charge in [0.2, 0.25) is 0 Å². The molecule has 5 nitrogen and oxygen atoms in total. The van der Waals surface area contributed by atoms with E-state index in [1.807, 2.05) is 56.3 Å². The maximum atomic E-state index is 12.9. The Hall–Kier alpha value is -2.84. The SMILES string of the molecule is Cc1ccc(OCC2CN(C(=O)c3cccc(C(C)C#N)c3)CCO2)cc1. The van der Waals surface area contributed by atoms with Crippen LogP contribution in [0.2, 0.25) is 0 Å². The second kappa shape index (κ2) is 8.70. The van der Waals surface area contributed by atoms with Gasteiger partial charge in [-0.25, -0.2) is 0 Å². The lowest BCUT2D eigenvalue weighted by Crippen LogP contribution is -2.47. The van der Waals surface area contributed by atoms with Crippen LogP contribution in [-0.4, -0.2) is 43.2 Å². The van der Waals surface area contributed by atoms with Gasteiger partial charge in [0.1, 0.15) is 18.5 Å². The van der Waals surface area contributed by atoms with Crippen molar-refractivity contribution in [3.8, 4) is 11.8 Å². The second-order valence-corrected chi connectivity index (χ2v) is 6.84. The number of morpholine rings is 1. The van der Waals surface area contributed by atoms with E-state index >= 15 is 0 Å². The molecule has 5 heteroatoms. The summed E-state index contributed by atoms with van der Waals surface area (Å²) in [6.07, 6.45) is -0.162. The minimum absolute atomic E-state index is 0.0365. The smallest absolute Gasteiger partial charge is 0.254 e. The summed E-state index contributed by atoms with van der Waals surface area (Å²) in [4.78, 5) is 14.7. The van der Waals surface area contributed by atoms with E-state index in [0.717, 1.165) is 11.3 Å². The third-order valence-electron chi connectivity index (χ3n) is 4.71. The van der Waals surface area contributed by atoms with E-state index in [2.05, 4.69) is 6.07 Å². The molecule has 2 unspecified atom stereocenters. The molecule has 1 amide bonds. The van der Waals surface area contributed by atoms with Crippen molar-refractivity contribution in [2.24, 2.45) is 0 Å². The van der Waals surface area contributed by atoms with E-state index in [9.17, 15) is 4.79 Å². The second-order valence-electron chi connectivity index (χ2n) is 6.84. The van der Waals surface area contributed by atoms with Crippen LogP contribution in [0.15, 0.2) is 48.5 Å². The van der Waals surface area contributed by atoms with Gasteiger partial charge in [-0.15, -0.1) is 0 Å². The van der Waals surface area contributed by atoms with Gasteiger partial charge in [-0.05, 0) is 43.7 Å². The third kappa shape index (κ3) is 4.87. The lowest BCUT2D eigenvalue weighted by atomic mass is 10.00. The normalized spacial score (nSPS) is 17.8. The average molecular weight is 364 g/mol. The number of rotatable bonds is 5. The van der Waals surface area contributed by atoms with Gasteiger partial charge in [-0.3, -0.25) is 4.79 Å². The summed E-state index contributed by atoms with van der Waals surface area (Å²) in [6, 6.07) is 17.4. The summed E-state index contributed by atoms with van der Waals surface area (Å²) in [5.74, 6) is 0.523. The molecule has 0 radical (unpaired) electrons. The highest BCUT2D eigenvalue weighted by Gasteiger charge is 2.26. The predicted molar refractivity (Wildman–Crippen MR) is 103 cm³/mol. The van der Waals surface area contributed by atoms with Gasteiger partial charge in [-0.2, -0.15) is 5.26 Å². The van der Waals surface area contributed by atoms with Crippen LogP contribution < -0.4 is 4.74 Å². The molecule has 0 spiro atoms. The molecule has 0 saturated carbocycles. The van der Waals surface area contributed by atoms with Crippen molar-refractivity contribution in [1.82, 2.24) is 4.90 Å². The van der Waals surface area contributed by atoms with Gasteiger partial charge in [-0.1, -0.05) is 29.8 Å². The van der Waals surface area contributed by atoms with Crippen molar-refractivity contribution in [2.45, 2.75) is 25.9 Å². The Morgan fingerprint density at radius 3 is 2.85 bits per heavy atom. The highest BCUT2D eigenvalue weighted by atomic mass is 16.5. The molecule has 140 valence electrons. The number of nitriles is 1. The zero-order valence-electron chi connectivity index (χ0n) is 15.7. The number of benzene rings is 2. The zero-order chi connectivity index (χ0) is 19.2. The fraction of sp³-hybridized carbons (Fsp3) is 0.364. The Bertz CT molecular complexity index is 826. The van der Waals surface area contributed by atoms with Crippen LogP contribution in [-0.2, 0) is 4.74 Å². The molecule has 2 atom stereocenters. The quantitative estimate of drug-likeness (QED) is 0.814. The predicted octanol–water partition coefficient (Wildman–Crippen LogP) is 3.54. The molecule has 27 heavy (non-hydrogen) atoms. The summed E-state index contributed by atoms with van der Waals surface area (Å²) in [5.41, 5.74) is 2.64. The zero-order valence-corrected chi connectivity index (χ0v) is 15.7. The number of carbonyl (C=O) groups excluding carboxylic acids is 1. The minimum Gasteiger partial charge on any atom is -0.491 e. The van der Waals surface area contributed by atoms with E-state index in [-0.39, 0.29) is 17.9 Å². The van der Waals surface area contributed by atoms with Gasteiger partial charge in [0, 0.05) is 12.1 Å². The fourth-order valence-corrected chi connectivity index (χ4v) is 3.03. The molecule has 2 aromatic rings. The maximum absolute atomic E-state index is 12.9. The van der Waals surface area contributed by atoms with Gasteiger partial charge in [0.05, 0.1) is 25.1 Å². The molecule has 2 aromatic carbocycles. The topological polar surface area (TPSA) is 62.6 Å². The van der Waals surface area contributed by atoms with Crippen molar-refractivity contribution < 1.29 is 14.3 Å². The number of hydrogen-bond acceptors (Lipinski definition) is 4. The molecule has 1 heterocycles. The number of aryl methyl sites for hydroxylation is 1. The first-order valence-corrected chi connectivity index (χ1v) is 9.16. The van der Waals surface area contributed by atoms with Crippen LogP contribution in [0.5, 0.6) is 5.75 Å². The molecule has 1 saturated heterocycles. The molecule has 0 aliphatic carbocycles. The third-order valence-corrected chi connectivity index (χ3v) is 4.71. The van der Waals surface area contributed by atoms with E-state index in [1.165, 1.54) is 5.56 Å². The molecule has 1 aliphatic heterocycles. The Labute approximate surface area is 160 Å². The lowest BCUT2D eigenvalue weighted by Gasteiger charge is -2.33. The van der Waals surface area contributed by atoms with Crippen LogP contribution in [0.1, 0.15) is 34.3 Å². The number of hydrogen-bond donors (Lipinski definition) is 0. The van der Waals surface area contributed by atoms with E-state index < -0.39 is 0 Å². The van der Waals surface area contributed by atoms with Crippen LogP contribution in [0.3, 0.4) is 0 Å². The lowest BCUT2D eigenvalue weighted by molar-refractivity contribution is -0.0401. The van der Waals surface area contributed by atoms with Crippen molar-refractivity contribution in [1.29, 1.82) is 5.26 Å². The Kier molecular flexibility index (Phi) is 6.10. The van der Waals surface area contributed by atoms with E-state index in [1.54, 1.807) is 11.0 Å². The fourth-order valence-electron chi connectivity index (χ4n) is 3.03. The Balaban J connectivity index is 1.61. The first-order chi connectivity index (χ1) is 13.1. The molecule has 0 aromatic heterocycles. The molecular weight excluding hydrogens is 340 g/mol. The summed E-state index contributed by atoms with van der Waals surface area (Å²) >= 11 is 0. The number of nitrogens with zero attached hydrogens (tertiary/aromatic N) is 2. The number of amides is 1. The van der Waals surface area contributed by atoms with Crippen molar-refractivity contribution in [3.63, 3.8) is 0 Å². The Morgan fingerprint density at radius 2 is 2.11 bits per heavy atom. The summed E-state index contributed by atoms with van der Waals surface area (Å²) < 4.78 is 11.6. The summed E-state index contributed by atoms with van der Waals surface area (Å²) in [6.45, 7) is 5.79. The van der Waals surface area contributed by atoms with Crippen LogP contribution >= 0.6 is 0 Å². The van der Waals surface area contributed by atoms with Crippen LogP contribution in [0, 0.1) is 18.3 Å². The van der Waals surface area contributed by atoms with Crippen molar-refractivity contribution >= 4 is 5.91 Å². The molecule has 0 N–H and O–H groups in total. The number of carbonyl (C=O) groups is 1. The summed E-state index contributed by atoms with van der Waals surface area (Å²) in [7, 11) is 0. The first-order valence-electron chi connectivity index (χ1n) is 9.16. The van der Waals surface area contributed by atoms with Gasteiger partial charge < -0.3 is 14.4 Å². The summed E-state index contributed by atoms with van der Waals surface area (Å²) in [5, 5.41) is 9.09. The minimum atomic E-state index is -0.238. The molecule has 3 rings (SSSR count). The van der Waals surface area contributed by atoms with E-state index in [4.69, 9.17) is 14.7 Å². The van der Waals surface area contributed by atoms with Crippen LogP contribution in [0.25, 0.3) is 0 Å². The standard InChI is InChI=1S/C22H24N2O3/c1-16-6-8-20(9-7-16)27-15-21-14-24(10-11-26-21)22(25)19-5-3-4-18(12-19)17(2)13-23/h3-9,12,17,21H,10-11,14-15H2,1-2H3. The largest absolute Gasteiger partial charge is 0.491 e. The average Bonchev–Trinajstić information content (AvgIpc) is 2.72. The van der Waals surface area contributed by atoms with Gasteiger partial charge in [0.15, 0.2) is 0 Å². The monoisotopic (exact) mass is 364 g/mol. The molecule has 1 aliphatic rings. The van der Waals surface area contributed by atoms with Crippen molar-refractivity contribution in [3.05, 3.63) is 65.2 Å². The van der Waals surface area contributed by atoms with Gasteiger partial charge >= 0.3 is 0 Å². The maximum Gasteiger partial charge on any atom is 0.254 e. The number of ether oxygens (including phenoxy) is 2. The van der Waals surface area contributed by atoms with Crippen LogP contribution in [0.4, 0.5) is 0 Å². The highest BCUT2D eigenvalue weighted by Crippen LogP contribution is 2.18. The van der Waals surface area contributed by atoms with Crippen molar-refractivity contribution in [2.75, 3.05) is 26.3 Å². The molecule has 1 fully saturated rings.